The maximum atomic E-state index is 6.08. The lowest BCUT2D eigenvalue weighted by atomic mass is 9.87. The van der Waals surface area contributed by atoms with Crippen molar-refractivity contribution in [1.82, 2.24) is 0 Å². The molecule has 1 aromatic carbocycles. The first-order valence-electron chi connectivity index (χ1n) is 5.30. The lowest BCUT2D eigenvalue weighted by Gasteiger charge is -2.19. The number of para-hydroxylation sites is 1. The largest absolute Gasteiger partial charge is 0.398 e. The number of aryl methyl sites for hydroxylation is 1. The number of allylic oxidation sites excluding steroid dienone is 2. The van der Waals surface area contributed by atoms with Crippen molar-refractivity contribution in [3.8, 4) is 0 Å². The van der Waals surface area contributed by atoms with Gasteiger partial charge in [-0.05, 0) is 37.3 Å². The van der Waals surface area contributed by atoms with Gasteiger partial charge in [0, 0.05) is 11.6 Å². The standard InChI is InChI=1S/C13H17N/c1-10-6-5-9-12(13(10)14)11-7-3-2-4-8-11/h3,5-7,9,11H,2,4,8,14H2,1H3. The van der Waals surface area contributed by atoms with E-state index in [1.165, 1.54) is 30.4 Å². The second-order valence-corrected chi connectivity index (χ2v) is 4.04. The van der Waals surface area contributed by atoms with Gasteiger partial charge in [0.2, 0.25) is 0 Å². The predicted octanol–water partition coefficient (Wildman–Crippen LogP) is 3.40. The molecule has 1 unspecified atom stereocenters. The monoisotopic (exact) mass is 187 g/mol. The van der Waals surface area contributed by atoms with Crippen LogP contribution in [0.25, 0.3) is 0 Å². The van der Waals surface area contributed by atoms with Crippen molar-refractivity contribution in [2.24, 2.45) is 0 Å². The van der Waals surface area contributed by atoms with Gasteiger partial charge in [0.15, 0.2) is 0 Å². The van der Waals surface area contributed by atoms with Crippen LogP contribution in [0.5, 0.6) is 0 Å². The van der Waals surface area contributed by atoms with Crippen LogP contribution in [0.15, 0.2) is 30.4 Å². The molecule has 1 aromatic rings. The summed E-state index contributed by atoms with van der Waals surface area (Å²) < 4.78 is 0. The molecule has 14 heavy (non-hydrogen) atoms. The molecule has 0 saturated heterocycles. The van der Waals surface area contributed by atoms with Gasteiger partial charge in [-0.3, -0.25) is 0 Å². The number of rotatable bonds is 1. The Hall–Kier alpha value is -1.24. The summed E-state index contributed by atoms with van der Waals surface area (Å²) in [6.07, 6.45) is 8.32. The van der Waals surface area contributed by atoms with Gasteiger partial charge in [-0.1, -0.05) is 30.4 Å². The fourth-order valence-electron chi connectivity index (χ4n) is 2.10. The maximum Gasteiger partial charge on any atom is 0.0382 e. The molecule has 0 aliphatic heterocycles. The molecule has 1 aliphatic rings. The van der Waals surface area contributed by atoms with Crippen molar-refractivity contribution in [2.45, 2.75) is 32.1 Å². The van der Waals surface area contributed by atoms with E-state index in [1.54, 1.807) is 0 Å². The van der Waals surface area contributed by atoms with Crippen LogP contribution in [-0.4, -0.2) is 0 Å². The molecule has 0 spiro atoms. The molecule has 1 aliphatic carbocycles. The van der Waals surface area contributed by atoms with Crippen LogP contribution >= 0.6 is 0 Å². The van der Waals surface area contributed by atoms with Crippen molar-refractivity contribution >= 4 is 5.69 Å². The summed E-state index contributed by atoms with van der Waals surface area (Å²) >= 11 is 0. The van der Waals surface area contributed by atoms with Gasteiger partial charge in [-0.2, -0.15) is 0 Å². The number of nitrogens with two attached hydrogens (primary N) is 1. The highest BCUT2D eigenvalue weighted by molar-refractivity contribution is 5.55. The van der Waals surface area contributed by atoms with E-state index in [-0.39, 0.29) is 0 Å². The average molecular weight is 187 g/mol. The van der Waals surface area contributed by atoms with Crippen LogP contribution in [0, 0.1) is 6.92 Å². The average Bonchev–Trinajstić information content (AvgIpc) is 2.23. The number of hydrogen-bond acceptors (Lipinski definition) is 1. The number of nitrogen functional groups attached to an aromatic ring is 1. The maximum absolute atomic E-state index is 6.08. The Morgan fingerprint density at radius 2 is 2.21 bits per heavy atom. The predicted molar refractivity (Wildman–Crippen MR) is 61.3 cm³/mol. The molecule has 0 saturated carbocycles. The smallest absolute Gasteiger partial charge is 0.0382 e. The lowest BCUT2D eigenvalue weighted by Crippen LogP contribution is -2.04. The molecular formula is C13H17N. The fourth-order valence-corrected chi connectivity index (χ4v) is 2.10. The van der Waals surface area contributed by atoms with E-state index in [2.05, 4.69) is 37.3 Å². The first-order chi connectivity index (χ1) is 6.79. The van der Waals surface area contributed by atoms with Gasteiger partial charge in [-0.25, -0.2) is 0 Å². The Balaban J connectivity index is 2.35. The molecule has 0 bridgehead atoms. The molecule has 1 nitrogen and oxygen atoms in total. The molecular weight excluding hydrogens is 170 g/mol. The van der Waals surface area contributed by atoms with Crippen molar-refractivity contribution in [2.75, 3.05) is 5.73 Å². The van der Waals surface area contributed by atoms with Crippen LogP contribution in [0.3, 0.4) is 0 Å². The Bertz CT molecular complexity index is 352. The summed E-state index contributed by atoms with van der Waals surface area (Å²) in [6.45, 7) is 2.07. The second-order valence-electron chi connectivity index (χ2n) is 4.04. The SMILES string of the molecule is Cc1cccc(C2C=CCCC2)c1N. The summed E-state index contributed by atoms with van der Waals surface area (Å²) in [5.74, 6) is 0.545. The van der Waals surface area contributed by atoms with E-state index in [1.807, 2.05) is 0 Å². The highest BCUT2D eigenvalue weighted by Crippen LogP contribution is 2.32. The Labute approximate surface area is 85.6 Å². The highest BCUT2D eigenvalue weighted by atomic mass is 14.6. The molecule has 2 N–H and O–H groups in total. The Kier molecular flexibility index (Phi) is 2.58. The third-order valence-corrected chi connectivity index (χ3v) is 3.01. The van der Waals surface area contributed by atoms with Crippen LogP contribution in [0.2, 0.25) is 0 Å². The number of anilines is 1. The fraction of sp³-hybridized carbons (Fsp3) is 0.385. The molecule has 2 rings (SSSR count). The zero-order chi connectivity index (χ0) is 9.97. The first kappa shape index (κ1) is 9.32. The highest BCUT2D eigenvalue weighted by Gasteiger charge is 2.13. The molecule has 0 aromatic heterocycles. The lowest BCUT2D eigenvalue weighted by molar-refractivity contribution is 0.655. The summed E-state index contributed by atoms with van der Waals surface area (Å²) in [5, 5.41) is 0. The zero-order valence-electron chi connectivity index (χ0n) is 8.66. The van der Waals surface area contributed by atoms with Crippen molar-refractivity contribution in [3.05, 3.63) is 41.5 Å². The van der Waals surface area contributed by atoms with Gasteiger partial charge in [0.1, 0.15) is 0 Å². The van der Waals surface area contributed by atoms with E-state index in [0.717, 1.165) is 5.69 Å². The Morgan fingerprint density at radius 3 is 2.93 bits per heavy atom. The second kappa shape index (κ2) is 3.87. The summed E-state index contributed by atoms with van der Waals surface area (Å²) in [6, 6.07) is 6.33. The van der Waals surface area contributed by atoms with Crippen LogP contribution in [0.1, 0.15) is 36.3 Å². The van der Waals surface area contributed by atoms with Crippen molar-refractivity contribution < 1.29 is 0 Å². The Morgan fingerprint density at radius 1 is 1.36 bits per heavy atom. The van der Waals surface area contributed by atoms with Gasteiger partial charge < -0.3 is 5.73 Å². The van der Waals surface area contributed by atoms with Crippen LogP contribution < -0.4 is 5.73 Å². The van der Waals surface area contributed by atoms with Gasteiger partial charge in [-0.15, -0.1) is 0 Å². The minimum atomic E-state index is 0.545. The normalized spacial score (nSPS) is 21.1. The third-order valence-electron chi connectivity index (χ3n) is 3.01. The van der Waals surface area contributed by atoms with Crippen molar-refractivity contribution in [1.29, 1.82) is 0 Å². The van der Waals surface area contributed by atoms with E-state index in [9.17, 15) is 0 Å². The molecule has 1 heteroatoms. The van der Waals surface area contributed by atoms with Crippen molar-refractivity contribution in [3.63, 3.8) is 0 Å². The topological polar surface area (TPSA) is 26.0 Å². The first-order valence-corrected chi connectivity index (χ1v) is 5.30. The van der Waals surface area contributed by atoms with E-state index < -0.39 is 0 Å². The van der Waals surface area contributed by atoms with Crippen LogP contribution in [-0.2, 0) is 0 Å². The summed E-state index contributed by atoms with van der Waals surface area (Å²) in [7, 11) is 0. The third kappa shape index (κ3) is 1.67. The van der Waals surface area contributed by atoms with Gasteiger partial charge >= 0.3 is 0 Å². The molecule has 0 heterocycles. The quantitative estimate of drug-likeness (QED) is 0.529. The molecule has 1 atom stereocenters. The molecule has 0 radical (unpaired) electrons. The molecule has 74 valence electrons. The number of hydrogen-bond donors (Lipinski definition) is 1. The molecule has 0 fully saturated rings. The number of benzene rings is 1. The molecule has 0 amide bonds. The van der Waals surface area contributed by atoms with E-state index in [4.69, 9.17) is 5.73 Å². The van der Waals surface area contributed by atoms with Gasteiger partial charge in [0.05, 0.1) is 0 Å². The van der Waals surface area contributed by atoms with E-state index in [0.29, 0.717) is 5.92 Å². The summed E-state index contributed by atoms with van der Waals surface area (Å²) in [5.41, 5.74) is 9.56. The minimum Gasteiger partial charge on any atom is -0.398 e. The zero-order valence-corrected chi connectivity index (χ0v) is 8.66. The van der Waals surface area contributed by atoms with E-state index >= 15 is 0 Å². The summed E-state index contributed by atoms with van der Waals surface area (Å²) in [4.78, 5) is 0. The minimum absolute atomic E-state index is 0.545. The van der Waals surface area contributed by atoms with Gasteiger partial charge in [0.25, 0.3) is 0 Å². The van der Waals surface area contributed by atoms with Crippen LogP contribution in [0.4, 0.5) is 5.69 Å².